The fourth-order valence-corrected chi connectivity index (χ4v) is 4.30. The van der Waals surface area contributed by atoms with Crippen LogP contribution in [-0.4, -0.2) is 24.1 Å². The van der Waals surface area contributed by atoms with Crippen LogP contribution in [0.5, 0.6) is 0 Å². The van der Waals surface area contributed by atoms with Crippen LogP contribution in [0.25, 0.3) is 0 Å². The molecule has 0 aliphatic carbocycles. The smallest absolute Gasteiger partial charge is 0.258 e. The van der Waals surface area contributed by atoms with Gasteiger partial charge in [-0.3, -0.25) is 10.1 Å². The van der Waals surface area contributed by atoms with Crippen LogP contribution >= 0.6 is 58.0 Å². The number of amides is 1. The zero-order chi connectivity index (χ0) is 20.3. The molecule has 148 valence electrons. The summed E-state index contributed by atoms with van der Waals surface area (Å²) in [5, 5.41) is 6.89. The molecule has 1 aliphatic rings. The second-order valence-corrected chi connectivity index (χ2v) is 9.34. The summed E-state index contributed by atoms with van der Waals surface area (Å²) < 4.78 is 0.917. The average molecular weight is 548 g/mol. The van der Waals surface area contributed by atoms with Gasteiger partial charge in [0.2, 0.25) is 0 Å². The van der Waals surface area contributed by atoms with E-state index in [1.54, 1.807) is 12.1 Å². The fraction of sp³-hybridized carbons (Fsp3) is 0.300. The van der Waals surface area contributed by atoms with Gasteiger partial charge in [-0.25, -0.2) is 0 Å². The van der Waals surface area contributed by atoms with Crippen molar-refractivity contribution in [3.8, 4) is 0 Å². The van der Waals surface area contributed by atoms with Gasteiger partial charge in [-0.1, -0.05) is 30.1 Å². The Morgan fingerprint density at radius 1 is 1.14 bits per heavy atom. The average Bonchev–Trinajstić information content (AvgIpc) is 2.64. The summed E-state index contributed by atoms with van der Waals surface area (Å²) in [6, 6.07) is 11.0. The second-order valence-electron chi connectivity index (χ2n) is 6.87. The van der Waals surface area contributed by atoms with E-state index in [1.165, 1.54) is 12.8 Å². The van der Waals surface area contributed by atoms with Gasteiger partial charge in [0.1, 0.15) is 0 Å². The first-order chi connectivity index (χ1) is 13.3. The Morgan fingerprint density at radius 2 is 1.86 bits per heavy atom. The lowest BCUT2D eigenvalue weighted by atomic mass is 9.99. The molecule has 2 aromatic rings. The highest BCUT2D eigenvalue weighted by molar-refractivity contribution is 14.1. The van der Waals surface area contributed by atoms with Crippen molar-refractivity contribution in [2.45, 2.75) is 19.8 Å². The third-order valence-corrected chi connectivity index (χ3v) is 6.24. The van der Waals surface area contributed by atoms with Crippen molar-refractivity contribution in [3.63, 3.8) is 0 Å². The molecule has 1 saturated heterocycles. The van der Waals surface area contributed by atoms with Crippen LogP contribution in [0, 0.1) is 9.49 Å². The first-order valence-corrected chi connectivity index (χ1v) is 11.2. The minimum Gasteiger partial charge on any atom is -0.370 e. The Morgan fingerprint density at radius 3 is 2.54 bits per heavy atom. The van der Waals surface area contributed by atoms with E-state index in [-0.39, 0.29) is 11.0 Å². The quantitative estimate of drug-likeness (QED) is 0.367. The summed E-state index contributed by atoms with van der Waals surface area (Å²) in [7, 11) is 0. The highest BCUT2D eigenvalue weighted by Gasteiger charge is 2.18. The molecule has 2 N–H and O–H groups in total. The summed E-state index contributed by atoms with van der Waals surface area (Å²) >= 11 is 20.0. The standard InChI is InChI=1S/C20H20Cl2IN3OS/c1-12-6-8-26(9-7-12)18-5-3-14(11-17(18)22)24-20(28)25-19(27)15-10-13(23)2-4-16(15)21/h2-5,10-12H,6-9H2,1H3,(H2,24,25,27,28). The Bertz CT molecular complexity index is 901. The Hall–Kier alpha value is -1.09. The minimum atomic E-state index is -0.355. The molecule has 2 aromatic carbocycles. The normalized spacial score (nSPS) is 14.6. The molecule has 1 amide bonds. The number of hydrogen-bond acceptors (Lipinski definition) is 3. The van der Waals surface area contributed by atoms with Crippen molar-refractivity contribution in [2.24, 2.45) is 5.92 Å². The van der Waals surface area contributed by atoms with Crippen molar-refractivity contribution in [1.29, 1.82) is 0 Å². The third kappa shape index (κ3) is 5.49. The molecule has 0 radical (unpaired) electrons. The van der Waals surface area contributed by atoms with E-state index in [4.69, 9.17) is 35.4 Å². The second kappa shape index (κ2) is 9.61. The summed E-state index contributed by atoms with van der Waals surface area (Å²) in [5.74, 6) is 0.407. The molecule has 1 heterocycles. The van der Waals surface area contributed by atoms with E-state index in [1.807, 2.05) is 24.3 Å². The minimum absolute atomic E-state index is 0.190. The number of nitrogens with one attached hydrogen (secondary N) is 2. The van der Waals surface area contributed by atoms with Gasteiger partial charge in [-0.15, -0.1) is 0 Å². The Kier molecular flexibility index (Phi) is 7.42. The van der Waals surface area contributed by atoms with Gasteiger partial charge in [0, 0.05) is 22.3 Å². The van der Waals surface area contributed by atoms with E-state index < -0.39 is 0 Å². The molecule has 0 unspecified atom stereocenters. The maximum atomic E-state index is 12.4. The van der Waals surface area contributed by atoms with Crippen LogP contribution < -0.4 is 15.5 Å². The van der Waals surface area contributed by atoms with Crippen molar-refractivity contribution in [2.75, 3.05) is 23.3 Å². The molecule has 0 aromatic heterocycles. The number of nitrogens with zero attached hydrogens (tertiary/aromatic N) is 1. The van der Waals surface area contributed by atoms with Crippen molar-refractivity contribution in [3.05, 3.63) is 55.6 Å². The zero-order valence-electron chi connectivity index (χ0n) is 15.3. The lowest BCUT2D eigenvalue weighted by molar-refractivity contribution is 0.0978. The predicted octanol–water partition coefficient (Wildman–Crippen LogP) is 5.96. The zero-order valence-corrected chi connectivity index (χ0v) is 19.8. The van der Waals surface area contributed by atoms with Crippen molar-refractivity contribution in [1.82, 2.24) is 5.32 Å². The number of benzene rings is 2. The topological polar surface area (TPSA) is 44.4 Å². The summed E-state index contributed by atoms with van der Waals surface area (Å²) in [5.41, 5.74) is 2.13. The molecular weight excluding hydrogens is 528 g/mol. The lowest BCUT2D eigenvalue weighted by Gasteiger charge is -2.32. The van der Waals surface area contributed by atoms with Crippen LogP contribution in [-0.2, 0) is 0 Å². The molecule has 1 aliphatic heterocycles. The van der Waals surface area contributed by atoms with Crippen LogP contribution in [0.2, 0.25) is 10.0 Å². The number of carbonyl (C=O) groups excluding carboxylic acids is 1. The highest BCUT2D eigenvalue weighted by atomic mass is 127. The van der Waals surface area contributed by atoms with Gasteiger partial charge in [-0.2, -0.15) is 0 Å². The van der Waals surface area contributed by atoms with E-state index in [9.17, 15) is 4.79 Å². The van der Waals surface area contributed by atoms with Crippen LogP contribution in [0.1, 0.15) is 30.1 Å². The van der Waals surface area contributed by atoms with E-state index in [0.717, 1.165) is 34.0 Å². The van der Waals surface area contributed by atoms with Gasteiger partial charge in [-0.05, 0) is 90.0 Å². The van der Waals surface area contributed by atoms with Crippen LogP contribution in [0.3, 0.4) is 0 Å². The first kappa shape index (κ1) is 21.6. The number of hydrogen-bond donors (Lipinski definition) is 2. The molecule has 4 nitrogen and oxygen atoms in total. The molecule has 0 spiro atoms. The van der Waals surface area contributed by atoms with E-state index >= 15 is 0 Å². The molecule has 0 saturated carbocycles. The SMILES string of the molecule is CC1CCN(c2ccc(NC(=S)NC(=O)c3cc(I)ccc3Cl)cc2Cl)CC1. The van der Waals surface area contributed by atoms with E-state index in [0.29, 0.717) is 15.6 Å². The molecule has 0 atom stereocenters. The molecule has 1 fully saturated rings. The lowest BCUT2D eigenvalue weighted by Crippen LogP contribution is -2.34. The summed E-state index contributed by atoms with van der Waals surface area (Å²) in [6.45, 7) is 4.31. The van der Waals surface area contributed by atoms with Crippen LogP contribution in [0.15, 0.2) is 36.4 Å². The highest BCUT2D eigenvalue weighted by Crippen LogP contribution is 2.31. The van der Waals surface area contributed by atoms with Gasteiger partial charge >= 0.3 is 0 Å². The number of piperidine rings is 1. The maximum absolute atomic E-state index is 12.4. The maximum Gasteiger partial charge on any atom is 0.258 e. The molecule has 8 heteroatoms. The monoisotopic (exact) mass is 547 g/mol. The van der Waals surface area contributed by atoms with Crippen molar-refractivity contribution >= 4 is 80.4 Å². The first-order valence-electron chi connectivity index (χ1n) is 8.95. The Labute approximate surface area is 194 Å². The largest absolute Gasteiger partial charge is 0.370 e. The third-order valence-electron chi connectivity index (χ3n) is 4.73. The number of anilines is 2. The van der Waals surface area contributed by atoms with Gasteiger partial charge in [0.15, 0.2) is 5.11 Å². The number of thiocarbonyl (C=S) groups is 1. The molecule has 0 bridgehead atoms. The summed E-state index contributed by atoms with van der Waals surface area (Å²) in [4.78, 5) is 14.7. The number of halogens is 3. The number of rotatable bonds is 3. The summed E-state index contributed by atoms with van der Waals surface area (Å²) in [6.07, 6.45) is 2.35. The number of carbonyl (C=O) groups is 1. The Balaban J connectivity index is 1.63. The van der Waals surface area contributed by atoms with Gasteiger partial charge in [0.05, 0.1) is 21.3 Å². The fourth-order valence-electron chi connectivity index (χ4n) is 3.09. The van der Waals surface area contributed by atoms with E-state index in [2.05, 4.69) is 45.0 Å². The van der Waals surface area contributed by atoms with Crippen molar-refractivity contribution < 1.29 is 4.79 Å². The molecular formula is C20H20Cl2IN3OS. The molecule has 3 rings (SSSR count). The molecule has 28 heavy (non-hydrogen) atoms. The van der Waals surface area contributed by atoms with Gasteiger partial charge in [0.25, 0.3) is 5.91 Å². The van der Waals surface area contributed by atoms with Crippen LogP contribution in [0.4, 0.5) is 11.4 Å². The van der Waals surface area contributed by atoms with Gasteiger partial charge < -0.3 is 10.2 Å². The predicted molar refractivity (Wildman–Crippen MR) is 130 cm³/mol.